The second-order valence-corrected chi connectivity index (χ2v) is 8.07. The van der Waals surface area contributed by atoms with Crippen molar-refractivity contribution in [3.63, 3.8) is 0 Å². The van der Waals surface area contributed by atoms with Crippen molar-refractivity contribution in [3.05, 3.63) is 35.9 Å². The van der Waals surface area contributed by atoms with Gasteiger partial charge in [0.2, 0.25) is 0 Å². The number of rotatable bonds is 3. The first-order valence-electron chi connectivity index (χ1n) is 8.65. The molecule has 0 spiro atoms. The largest absolute Gasteiger partial charge is 0.465 e. The van der Waals surface area contributed by atoms with Gasteiger partial charge in [0.15, 0.2) is 0 Å². The van der Waals surface area contributed by atoms with Crippen LogP contribution in [0.25, 0.3) is 0 Å². The zero-order valence-corrected chi connectivity index (χ0v) is 14.4. The van der Waals surface area contributed by atoms with E-state index in [1.54, 1.807) is 4.90 Å². The van der Waals surface area contributed by atoms with Crippen LogP contribution in [-0.4, -0.2) is 45.7 Å². The number of carbonyl (C=O) groups is 1. The topological polar surface area (TPSA) is 43.8 Å². The molecule has 0 aromatic heterocycles. The van der Waals surface area contributed by atoms with E-state index in [4.69, 9.17) is 0 Å². The maximum atomic E-state index is 11.8. The predicted molar refractivity (Wildman–Crippen MR) is 91.3 cm³/mol. The Labute approximate surface area is 139 Å². The minimum absolute atomic E-state index is 0.165. The molecule has 1 saturated heterocycles. The molecule has 3 rings (SSSR count). The highest BCUT2D eigenvalue weighted by Gasteiger charge is 2.48. The maximum absolute atomic E-state index is 11.8. The van der Waals surface area contributed by atoms with Crippen molar-refractivity contribution in [3.8, 4) is 0 Å². The highest BCUT2D eigenvalue weighted by Crippen LogP contribution is 2.42. The van der Waals surface area contributed by atoms with Gasteiger partial charge in [0.25, 0.3) is 0 Å². The second kappa shape index (κ2) is 6.16. The van der Waals surface area contributed by atoms with Crippen LogP contribution in [0.1, 0.15) is 39.2 Å². The number of amides is 1. The average molecular weight is 316 g/mol. The Morgan fingerprint density at radius 2 is 1.91 bits per heavy atom. The van der Waals surface area contributed by atoms with Crippen LogP contribution in [0.5, 0.6) is 0 Å². The standard InChI is InChI=1S/C19H28N2O2/c1-19(2,3)21(18(22)23)17-10-9-15-12-20(13-16(15)17)11-14-7-5-4-6-8-14/h4-8,15-17H,9-13H2,1-3H3,(H,22,23)/t15-,16+,17-/m1/s1. The van der Waals surface area contributed by atoms with Crippen LogP contribution < -0.4 is 0 Å². The summed E-state index contributed by atoms with van der Waals surface area (Å²) < 4.78 is 0. The molecule has 1 aliphatic heterocycles. The zero-order chi connectivity index (χ0) is 16.6. The van der Waals surface area contributed by atoms with Crippen molar-refractivity contribution in [2.75, 3.05) is 13.1 Å². The van der Waals surface area contributed by atoms with Gasteiger partial charge in [-0.2, -0.15) is 0 Å². The van der Waals surface area contributed by atoms with E-state index >= 15 is 0 Å². The third-order valence-electron chi connectivity index (χ3n) is 5.40. The molecule has 1 saturated carbocycles. The van der Waals surface area contributed by atoms with Gasteiger partial charge in [-0.3, -0.25) is 4.90 Å². The van der Waals surface area contributed by atoms with Crippen LogP contribution in [0, 0.1) is 11.8 Å². The molecule has 1 heterocycles. The lowest BCUT2D eigenvalue weighted by Crippen LogP contribution is -2.53. The van der Waals surface area contributed by atoms with E-state index in [1.807, 2.05) is 26.8 Å². The molecule has 0 unspecified atom stereocenters. The third-order valence-corrected chi connectivity index (χ3v) is 5.40. The lowest BCUT2D eigenvalue weighted by molar-refractivity contribution is 0.0546. The summed E-state index contributed by atoms with van der Waals surface area (Å²) in [6.45, 7) is 9.11. The van der Waals surface area contributed by atoms with Gasteiger partial charge in [-0.25, -0.2) is 4.79 Å². The molecule has 0 radical (unpaired) electrons. The molecule has 4 heteroatoms. The van der Waals surface area contributed by atoms with Crippen LogP contribution in [0.2, 0.25) is 0 Å². The van der Waals surface area contributed by atoms with Crippen molar-refractivity contribution in [1.82, 2.24) is 9.80 Å². The fourth-order valence-corrected chi connectivity index (χ4v) is 4.55. The maximum Gasteiger partial charge on any atom is 0.407 e. The summed E-state index contributed by atoms with van der Waals surface area (Å²) in [6, 6.07) is 10.7. The van der Waals surface area contributed by atoms with E-state index in [9.17, 15) is 9.90 Å². The fourth-order valence-electron chi connectivity index (χ4n) is 4.55. The van der Waals surface area contributed by atoms with Crippen LogP contribution in [-0.2, 0) is 6.54 Å². The Kier molecular flexibility index (Phi) is 4.37. The number of benzene rings is 1. The smallest absolute Gasteiger partial charge is 0.407 e. The normalized spacial score (nSPS) is 27.9. The number of hydrogen-bond acceptors (Lipinski definition) is 2. The Balaban J connectivity index is 1.70. The molecule has 1 aromatic rings. The summed E-state index contributed by atoms with van der Waals surface area (Å²) in [7, 11) is 0. The minimum Gasteiger partial charge on any atom is -0.465 e. The predicted octanol–water partition coefficient (Wildman–Crippen LogP) is 3.68. The van der Waals surface area contributed by atoms with Gasteiger partial charge < -0.3 is 10.0 Å². The number of hydrogen-bond donors (Lipinski definition) is 1. The molecule has 0 bridgehead atoms. The molecule has 1 N–H and O–H groups in total. The van der Waals surface area contributed by atoms with Crippen LogP contribution >= 0.6 is 0 Å². The Bertz CT molecular complexity index is 552. The summed E-state index contributed by atoms with van der Waals surface area (Å²) in [5, 5.41) is 9.70. The van der Waals surface area contributed by atoms with Crippen LogP contribution in [0.4, 0.5) is 4.79 Å². The van der Waals surface area contributed by atoms with Crippen LogP contribution in [0.15, 0.2) is 30.3 Å². The summed E-state index contributed by atoms with van der Waals surface area (Å²) in [5.74, 6) is 1.13. The van der Waals surface area contributed by atoms with Crippen molar-refractivity contribution in [2.45, 2.75) is 51.7 Å². The second-order valence-electron chi connectivity index (χ2n) is 8.07. The van der Waals surface area contributed by atoms with Crippen molar-refractivity contribution in [2.24, 2.45) is 11.8 Å². The van der Waals surface area contributed by atoms with Crippen molar-refractivity contribution < 1.29 is 9.90 Å². The summed E-state index contributed by atoms with van der Waals surface area (Å²) >= 11 is 0. The minimum atomic E-state index is -0.773. The molecule has 23 heavy (non-hydrogen) atoms. The van der Waals surface area contributed by atoms with E-state index in [0.29, 0.717) is 11.8 Å². The van der Waals surface area contributed by atoms with Gasteiger partial charge in [0.05, 0.1) is 0 Å². The monoisotopic (exact) mass is 316 g/mol. The number of fused-ring (bicyclic) bond motifs is 1. The molecule has 2 fully saturated rings. The molecule has 1 aromatic carbocycles. The van der Waals surface area contributed by atoms with Gasteiger partial charge in [-0.05, 0) is 51.0 Å². The molecule has 1 amide bonds. The van der Waals surface area contributed by atoms with Gasteiger partial charge in [0, 0.05) is 31.2 Å². The lowest BCUT2D eigenvalue weighted by Gasteiger charge is -2.40. The van der Waals surface area contributed by atoms with Gasteiger partial charge in [0.1, 0.15) is 0 Å². The summed E-state index contributed by atoms with van der Waals surface area (Å²) in [4.78, 5) is 16.0. The molecule has 3 atom stereocenters. The SMILES string of the molecule is CC(C)(C)N(C(=O)O)[C@@H]1CC[C@@H]2CN(Cc3ccccc3)C[C@@H]21. The van der Waals surface area contributed by atoms with E-state index in [-0.39, 0.29) is 11.6 Å². The van der Waals surface area contributed by atoms with E-state index in [2.05, 4.69) is 29.2 Å². The summed E-state index contributed by atoms with van der Waals surface area (Å²) in [6.07, 6.45) is 1.39. The highest BCUT2D eigenvalue weighted by molar-refractivity contribution is 5.66. The lowest BCUT2D eigenvalue weighted by atomic mass is 9.93. The number of likely N-dealkylation sites (tertiary alicyclic amines) is 1. The van der Waals surface area contributed by atoms with Gasteiger partial charge in [-0.15, -0.1) is 0 Å². The molecular formula is C19H28N2O2. The first-order valence-corrected chi connectivity index (χ1v) is 8.65. The first-order chi connectivity index (χ1) is 10.9. The molecule has 126 valence electrons. The molecule has 2 aliphatic rings. The van der Waals surface area contributed by atoms with E-state index in [1.165, 1.54) is 5.56 Å². The average Bonchev–Trinajstić information content (AvgIpc) is 3.00. The van der Waals surface area contributed by atoms with Crippen molar-refractivity contribution >= 4 is 6.09 Å². The molecular weight excluding hydrogens is 288 g/mol. The number of carboxylic acid groups (broad SMARTS) is 1. The Morgan fingerprint density at radius 3 is 2.52 bits per heavy atom. The Morgan fingerprint density at radius 1 is 1.22 bits per heavy atom. The third kappa shape index (κ3) is 3.37. The van der Waals surface area contributed by atoms with Crippen LogP contribution in [0.3, 0.4) is 0 Å². The molecule has 1 aliphatic carbocycles. The van der Waals surface area contributed by atoms with Crippen molar-refractivity contribution in [1.29, 1.82) is 0 Å². The van der Waals surface area contributed by atoms with Gasteiger partial charge in [-0.1, -0.05) is 30.3 Å². The van der Waals surface area contributed by atoms with E-state index < -0.39 is 6.09 Å². The molecule has 4 nitrogen and oxygen atoms in total. The number of nitrogens with zero attached hydrogens (tertiary/aromatic N) is 2. The summed E-state index contributed by atoms with van der Waals surface area (Å²) in [5.41, 5.74) is 1.01. The highest BCUT2D eigenvalue weighted by atomic mass is 16.4. The van der Waals surface area contributed by atoms with Gasteiger partial charge >= 0.3 is 6.09 Å². The first kappa shape index (κ1) is 16.3. The fraction of sp³-hybridized carbons (Fsp3) is 0.632. The zero-order valence-electron chi connectivity index (χ0n) is 14.4. The van der Waals surface area contributed by atoms with E-state index in [0.717, 1.165) is 32.5 Å². The Hall–Kier alpha value is -1.55. The quantitative estimate of drug-likeness (QED) is 0.925.